The van der Waals surface area contributed by atoms with Crippen molar-refractivity contribution in [1.82, 2.24) is 0 Å². The van der Waals surface area contributed by atoms with Crippen molar-refractivity contribution in [1.29, 1.82) is 0 Å². The van der Waals surface area contributed by atoms with Gasteiger partial charge in [0, 0.05) is 18.1 Å². The molecule has 0 spiro atoms. The maximum Gasteiger partial charge on any atom is 0.177 e. The Bertz CT molecular complexity index is 683. The zero-order valence-electron chi connectivity index (χ0n) is 11.5. The van der Waals surface area contributed by atoms with Gasteiger partial charge in [0.05, 0.1) is 9.79 Å². The largest absolute Gasteiger partial charge is 0.325 e. The average molecular weight is 305 g/mol. The highest BCUT2D eigenvalue weighted by atomic mass is 32.2. The van der Waals surface area contributed by atoms with E-state index in [-0.39, 0.29) is 16.2 Å². The Morgan fingerprint density at radius 2 is 1.58 bits per heavy atom. The highest BCUT2D eigenvalue weighted by molar-refractivity contribution is 7.93. The van der Waals surface area contributed by atoms with Gasteiger partial charge in [0.25, 0.3) is 0 Å². The molecule has 0 fully saturated rings. The third-order valence-electron chi connectivity index (χ3n) is 2.48. The van der Waals surface area contributed by atoms with E-state index in [1.165, 1.54) is 12.1 Å². The monoisotopic (exact) mass is 305 g/mol. The fraction of sp³-hybridized carbons (Fsp3) is 0.500. The van der Waals surface area contributed by atoms with Gasteiger partial charge in [-0.25, -0.2) is 16.8 Å². The standard InChI is InChI=1S/C12H19NO4S2/c1-12(2,13)8-9-6-5-7-10(18(3,14)15)11(9)19(4,16)17/h5-7H,8,13H2,1-4H3. The maximum atomic E-state index is 11.9. The first-order chi connectivity index (χ1) is 8.32. The molecule has 0 bridgehead atoms. The van der Waals surface area contributed by atoms with E-state index in [9.17, 15) is 16.8 Å². The van der Waals surface area contributed by atoms with Crippen LogP contribution in [-0.2, 0) is 26.1 Å². The quantitative estimate of drug-likeness (QED) is 0.887. The second-order valence-electron chi connectivity index (χ2n) is 5.45. The first-order valence-electron chi connectivity index (χ1n) is 5.63. The molecule has 0 aliphatic rings. The predicted molar refractivity (Wildman–Crippen MR) is 74.6 cm³/mol. The van der Waals surface area contributed by atoms with Crippen molar-refractivity contribution in [3.05, 3.63) is 23.8 Å². The minimum atomic E-state index is -3.65. The molecule has 1 aromatic rings. The summed E-state index contributed by atoms with van der Waals surface area (Å²) in [6.07, 6.45) is 2.27. The van der Waals surface area contributed by atoms with Crippen molar-refractivity contribution in [2.45, 2.75) is 35.6 Å². The van der Waals surface area contributed by atoms with Gasteiger partial charge in [-0.1, -0.05) is 12.1 Å². The topological polar surface area (TPSA) is 94.3 Å². The summed E-state index contributed by atoms with van der Waals surface area (Å²) in [5.74, 6) is 0. The van der Waals surface area contributed by atoms with Crippen molar-refractivity contribution in [3.63, 3.8) is 0 Å². The van der Waals surface area contributed by atoms with E-state index in [1.807, 2.05) is 0 Å². The van der Waals surface area contributed by atoms with Crippen LogP contribution in [-0.4, -0.2) is 34.9 Å². The second-order valence-corrected chi connectivity index (χ2v) is 9.39. The van der Waals surface area contributed by atoms with E-state index < -0.39 is 25.2 Å². The van der Waals surface area contributed by atoms with Gasteiger partial charge >= 0.3 is 0 Å². The Morgan fingerprint density at radius 3 is 1.95 bits per heavy atom. The second kappa shape index (κ2) is 4.88. The number of hydrogen-bond donors (Lipinski definition) is 1. The highest BCUT2D eigenvalue weighted by Gasteiger charge is 2.26. The minimum absolute atomic E-state index is 0.143. The smallest absolute Gasteiger partial charge is 0.177 e. The number of rotatable bonds is 4. The molecule has 1 aromatic carbocycles. The maximum absolute atomic E-state index is 11.9. The molecular weight excluding hydrogens is 286 g/mol. The zero-order chi connectivity index (χ0) is 15.1. The summed E-state index contributed by atoms with van der Waals surface area (Å²) in [5.41, 5.74) is 5.69. The molecule has 0 saturated heterocycles. The lowest BCUT2D eigenvalue weighted by Gasteiger charge is -2.21. The van der Waals surface area contributed by atoms with E-state index in [2.05, 4.69) is 0 Å². The van der Waals surface area contributed by atoms with Crippen LogP contribution in [0.1, 0.15) is 19.4 Å². The van der Waals surface area contributed by atoms with E-state index in [0.717, 1.165) is 12.5 Å². The molecule has 1 rings (SSSR count). The van der Waals surface area contributed by atoms with E-state index in [0.29, 0.717) is 5.56 Å². The zero-order valence-corrected chi connectivity index (χ0v) is 13.1. The van der Waals surface area contributed by atoms with Crippen molar-refractivity contribution < 1.29 is 16.8 Å². The highest BCUT2D eigenvalue weighted by Crippen LogP contribution is 2.27. The van der Waals surface area contributed by atoms with Gasteiger partial charge in [-0.2, -0.15) is 0 Å². The van der Waals surface area contributed by atoms with Crippen LogP contribution in [0.5, 0.6) is 0 Å². The van der Waals surface area contributed by atoms with Crippen LogP contribution in [0.15, 0.2) is 28.0 Å². The molecule has 0 aliphatic carbocycles. The number of benzene rings is 1. The Kier molecular flexibility index (Phi) is 4.15. The lowest BCUT2D eigenvalue weighted by Crippen LogP contribution is -2.35. The molecule has 0 amide bonds. The van der Waals surface area contributed by atoms with E-state index >= 15 is 0 Å². The van der Waals surface area contributed by atoms with Gasteiger partial charge in [-0.3, -0.25) is 0 Å². The summed E-state index contributed by atoms with van der Waals surface area (Å²) in [7, 11) is -7.27. The molecule has 0 radical (unpaired) electrons. The molecule has 0 heterocycles. The number of nitrogens with two attached hydrogens (primary N) is 1. The first-order valence-corrected chi connectivity index (χ1v) is 9.41. The van der Waals surface area contributed by atoms with Crippen LogP contribution in [0.4, 0.5) is 0 Å². The van der Waals surface area contributed by atoms with E-state index in [1.54, 1.807) is 19.9 Å². The summed E-state index contributed by atoms with van der Waals surface area (Å²) >= 11 is 0. The Hall–Kier alpha value is -0.920. The van der Waals surface area contributed by atoms with Crippen LogP contribution in [0.2, 0.25) is 0 Å². The lowest BCUT2D eigenvalue weighted by molar-refractivity contribution is 0.509. The van der Waals surface area contributed by atoms with Crippen LogP contribution in [0.3, 0.4) is 0 Å². The molecule has 0 aliphatic heterocycles. The van der Waals surface area contributed by atoms with Crippen LogP contribution in [0.25, 0.3) is 0 Å². The Morgan fingerprint density at radius 1 is 1.05 bits per heavy atom. The number of sulfone groups is 2. The first kappa shape index (κ1) is 16.1. The Balaban J connectivity index is 3.69. The third-order valence-corrected chi connectivity index (χ3v) is 4.97. The van der Waals surface area contributed by atoms with Crippen LogP contribution < -0.4 is 5.73 Å². The predicted octanol–water partition coefficient (Wildman–Crippen LogP) is 0.773. The molecule has 0 aromatic heterocycles. The van der Waals surface area contributed by atoms with Crippen LogP contribution in [0, 0.1) is 0 Å². The summed E-state index contributed by atoms with van der Waals surface area (Å²) < 4.78 is 47.2. The molecule has 2 N–H and O–H groups in total. The summed E-state index contributed by atoms with van der Waals surface area (Å²) in [4.78, 5) is -0.312. The molecule has 0 saturated carbocycles. The van der Waals surface area contributed by atoms with Crippen molar-refractivity contribution in [2.24, 2.45) is 5.73 Å². The molecule has 0 atom stereocenters. The van der Waals surface area contributed by atoms with E-state index in [4.69, 9.17) is 5.73 Å². The van der Waals surface area contributed by atoms with Gasteiger partial charge in [-0.15, -0.1) is 0 Å². The van der Waals surface area contributed by atoms with Gasteiger partial charge in [0.1, 0.15) is 0 Å². The Labute approximate surface area is 114 Å². The number of hydrogen-bond acceptors (Lipinski definition) is 5. The summed E-state index contributed by atoms with van der Waals surface area (Å²) in [6, 6.07) is 4.44. The lowest BCUT2D eigenvalue weighted by atomic mass is 9.96. The molecule has 7 heteroatoms. The van der Waals surface area contributed by atoms with Crippen LogP contribution >= 0.6 is 0 Å². The van der Waals surface area contributed by atoms with Gasteiger partial charge in [-0.05, 0) is 31.9 Å². The van der Waals surface area contributed by atoms with Crippen molar-refractivity contribution >= 4 is 19.7 Å². The molecular formula is C12H19NO4S2. The third kappa shape index (κ3) is 4.29. The minimum Gasteiger partial charge on any atom is -0.325 e. The molecule has 19 heavy (non-hydrogen) atoms. The van der Waals surface area contributed by atoms with Gasteiger partial charge in [0.15, 0.2) is 19.7 Å². The fourth-order valence-corrected chi connectivity index (χ4v) is 4.66. The summed E-state index contributed by atoms with van der Waals surface area (Å²) in [5, 5.41) is 0. The molecule has 0 unspecified atom stereocenters. The van der Waals surface area contributed by atoms with Gasteiger partial charge < -0.3 is 5.73 Å². The van der Waals surface area contributed by atoms with Gasteiger partial charge in [0.2, 0.25) is 0 Å². The van der Waals surface area contributed by atoms with Crippen molar-refractivity contribution in [3.8, 4) is 0 Å². The summed E-state index contributed by atoms with van der Waals surface area (Å²) in [6.45, 7) is 3.51. The molecule has 108 valence electrons. The SMILES string of the molecule is CC(C)(N)Cc1cccc(S(C)(=O)=O)c1S(C)(=O)=O. The molecule has 5 nitrogen and oxygen atoms in total. The normalized spacial score (nSPS) is 13.5. The van der Waals surface area contributed by atoms with Crippen molar-refractivity contribution in [2.75, 3.05) is 12.5 Å². The fourth-order valence-electron chi connectivity index (χ4n) is 1.90. The average Bonchev–Trinajstić information content (AvgIpc) is 2.11.